The number of hydrogen-bond acceptors (Lipinski definition) is 3. The molecular weight excluding hydrogens is 231 g/mol. The fraction of sp³-hybridized carbons (Fsp3) is 0.385. The molecule has 0 saturated heterocycles. The highest BCUT2D eigenvalue weighted by molar-refractivity contribution is 5.19. The monoisotopic (exact) mass is 248 g/mol. The van der Waals surface area contributed by atoms with E-state index in [0.29, 0.717) is 6.54 Å². The molecule has 2 aromatic rings. The quantitative estimate of drug-likeness (QED) is 0.882. The van der Waals surface area contributed by atoms with Gasteiger partial charge >= 0.3 is 0 Å². The van der Waals surface area contributed by atoms with Crippen molar-refractivity contribution < 1.29 is 4.39 Å². The van der Waals surface area contributed by atoms with Crippen molar-refractivity contribution in [2.24, 2.45) is 0 Å². The lowest BCUT2D eigenvalue weighted by molar-refractivity contribution is 0.522. The minimum absolute atomic E-state index is 0.146. The van der Waals surface area contributed by atoms with Crippen molar-refractivity contribution in [2.75, 3.05) is 0 Å². The summed E-state index contributed by atoms with van der Waals surface area (Å²) in [5, 5.41) is 7.46. The van der Waals surface area contributed by atoms with Crippen LogP contribution in [0.3, 0.4) is 0 Å². The summed E-state index contributed by atoms with van der Waals surface area (Å²) in [5.41, 5.74) is 1.05. The molecule has 2 rings (SSSR count). The maximum atomic E-state index is 12.8. The first-order chi connectivity index (χ1) is 8.70. The first-order valence-electron chi connectivity index (χ1n) is 6.06. The van der Waals surface area contributed by atoms with E-state index in [1.807, 2.05) is 18.5 Å². The van der Waals surface area contributed by atoms with Gasteiger partial charge in [-0.3, -0.25) is 0 Å². The molecule has 1 unspecified atom stereocenters. The zero-order chi connectivity index (χ0) is 13.0. The van der Waals surface area contributed by atoms with Gasteiger partial charge in [-0.25, -0.2) is 14.1 Å². The number of benzene rings is 1. The number of nitrogens with zero attached hydrogens (tertiary/aromatic N) is 3. The second kappa shape index (κ2) is 5.73. The predicted molar refractivity (Wildman–Crippen MR) is 67.4 cm³/mol. The van der Waals surface area contributed by atoms with Crippen LogP contribution in [0.2, 0.25) is 0 Å². The molecule has 0 fully saturated rings. The van der Waals surface area contributed by atoms with E-state index >= 15 is 0 Å². The number of aryl methyl sites for hydroxylation is 1. The molecule has 1 heterocycles. The maximum absolute atomic E-state index is 12.8. The van der Waals surface area contributed by atoms with Crippen LogP contribution in [0.15, 0.2) is 30.6 Å². The molecule has 1 aromatic carbocycles. The van der Waals surface area contributed by atoms with Gasteiger partial charge in [0.25, 0.3) is 0 Å². The Bertz CT molecular complexity index is 492. The van der Waals surface area contributed by atoms with Crippen molar-refractivity contribution in [2.45, 2.75) is 33.0 Å². The van der Waals surface area contributed by atoms with Crippen molar-refractivity contribution >= 4 is 0 Å². The lowest BCUT2D eigenvalue weighted by atomic mass is 10.1. The number of rotatable bonds is 5. The molecule has 18 heavy (non-hydrogen) atoms. The summed E-state index contributed by atoms with van der Waals surface area (Å²) in [4.78, 5) is 4.20. The van der Waals surface area contributed by atoms with E-state index in [1.54, 1.807) is 18.5 Å². The summed E-state index contributed by atoms with van der Waals surface area (Å²) in [6.07, 6.45) is 1.56. The normalized spacial score (nSPS) is 12.6. The Kier molecular flexibility index (Phi) is 4.04. The molecule has 0 aliphatic carbocycles. The molecule has 0 spiro atoms. The Morgan fingerprint density at radius 1 is 1.33 bits per heavy atom. The van der Waals surface area contributed by atoms with Gasteiger partial charge in [0.1, 0.15) is 18.0 Å². The second-order valence-electron chi connectivity index (χ2n) is 4.15. The summed E-state index contributed by atoms with van der Waals surface area (Å²) < 4.78 is 14.7. The summed E-state index contributed by atoms with van der Waals surface area (Å²) >= 11 is 0. The Morgan fingerprint density at radius 2 is 2.06 bits per heavy atom. The summed E-state index contributed by atoms with van der Waals surface area (Å²) in [7, 11) is 0. The zero-order valence-electron chi connectivity index (χ0n) is 10.6. The fourth-order valence-electron chi connectivity index (χ4n) is 1.80. The first kappa shape index (κ1) is 12.7. The average molecular weight is 248 g/mol. The van der Waals surface area contributed by atoms with Crippen molar-refractivity contribution in [1.82, 2.24) is 20.1 Å². The van der Waals surface area contributed by atoms with Gasteiger partial charge in [0, 0.05) is 12.6 Å². The van der Waals surface area contributed by atoms with Crippen LogP contribution in [-0.2, 0) is 13.1 Å². The molecule has 0 aliphatic rings. The third-order valence-corrected chi connectivity index (χ3v) is 2.93. The van der Waals surface area contributed by atoms with Crippen LogP contribution in [0, 0.1) is 5.82 Å². The molecule has 5 heteroatoms. The average Bonchev–Trinajstić information content (AvgIpc) is 2.84. The molecule has 0 amide bonds. The van der Waals surface area contributed by atoms with Crippen molar-refractivity contribution in [3.05, 3.63) is 47.8 Å². The standard InChI is InChI=1S/C13H17FN4/c1-3-18-13(16-9-17-18)8-15-10(2)11-4-6-12(14)7-5-11/h4-7,9-10,15H,3,8H2,1-2H3. The third kappa shape index (κ3) is 2.92. The Morgan fingerprint density at radius 3 is 2.72 bits per heavy atom. The third-order valence-electron chi connectivity index (χ3n) is 2.93. The van der Waals surface area contributed by atoms with Crippen LogP contribution in [0.1, 0.15) is 31.3 Å². The van der Waals surface area contributed by atoms with Crippen molar-refractivity contribution in [1.29, 1.82) is 0 Å². The SMILES string of the molecule is CCn1ncnc1CNC(C)c1ccc(F)cc1. The van der Waals surface area contributed by atoms with E-state index < -0.39 is 0 Å². The van der Waals surface area contributed by atoms with Gasteiger partial charge < -0.3 is 5.32 Å². The van der Waals surface area contributed by atoms with Gasteiger partial charge in [-0.15, -0.1) is 0 Å². The topological polar surface area (TPSA) is 42.7 Å². The van der Waals surface area contributed by atoms with E-state index in [0.717, 1.165) is 17.9 Å². The molecule has 1 atom stereocenters. The fourth-order valence-corrected chi connectivity index (χ4v) is 1.80. The molecule has 4 nitrogen and oxygen atoms in total. The smallest absolute Gasteiger partial charge is 0.140 e. The van der Waals surface area contributed by atoms with Crippen LogP contribution in [0.4, 0.5) is 4.39 Å². The van der Waals surface area contributed by atoms with Gasteiger partial charge in [0.2, 0.25) is 0 Å². The van der Waals surface area contributed by atoms with Gasteiger partial charge in [0.05, 0.1) is 6.54 Å². The number of halogens is 1. The van der Waals surface area contributed by atoms with E-state index in [-0.39, 0.29) is 11.9 Å². The number of nitrogens with one attached hydrogen (secondary N) is 1. The number of aromatic nitrogens is 3. The zero-order valence-corrected chi connectivity index (χ0v) is 10.6. The van der Waals surface area contributed by atoms with E-state index in [4.69, 9.17) is 0 Å². The highest BCUT2D eigenvalue weighted by Gasteiger charge is 2.07. The lowest BCUT2D eigenvalue weighted by Gasteiger charge is -2.14. The Labute approximate surface area is 106 Å². The highest BCUT2D eigenvalue weighted by atomic mass is 19.1. The van der Waals surface area contributed by atoms with Gasteiger partial charge in [-0.2, -0.15) is 5.10 Å². The van der Waals surface area contributed by atoms with Crippen LogP contribution >= 0.6 is 0 Å². The van der Waals surface area contributed by atoms with Gasteiger partial charge in [-0.1, -0.05) is 12.1 Å². The molecular formula is C13H17FN4. The van der Waals surface area contributed by atoms with Gasteiger partial charge in [-0.05, 0) is 31.5 Å². The molecule has 0 radical (unpaired) electrons. The molecule has 1 aromatic heterocycles. The Balaban J connectivity index is 1.96. The van der Waals surface area contributed by atoms with Crippen molar-refractivity contribution in [3.8, 4) is 0 Å². The lowest BCUT2D eigenvalue weighted by Crippen LogP contribution is -2.21. The molecule has 1 N–H and O–H groups in total. The summed E-state index contributed by atoms with van der Waals surface area (Å²) in [5.74, 6) is 0.697. The second-order valence-corrected chi connectivity index (χ2v) is 4.15. The van der Waals surface area contributed by atoms with Crippen molar-refractivity contribution in [3.63, 3.8) is 0 Å². The van der Waals surface area contributed by atoms with E-state index in [1.165, 1.54) is 12.1 Å². The van der Waals surface area contributed by atoms with Gasteiger partial charge in [0.15, 0.2) is 0 Å². The minimum atomic E-state index is -0.211. The summed E-state index contributed by atoms with van der Waals surface area (Å²) in [6, 6.07) is 6.67. The largest absolute Gasteiger partial charge is 0.303 e. The Hall–Kier alpha value is -1.75. The van der Waals surface area contributed by atoms with Crippen LogP contribution in [-0.4, -0.2) is 14.8 Å². The maximum Gasteiger partial charge on any atom is 0.140 e. The van der Waals surface area contributed by atoms with Crippen LogP contribution in [0.25, 0.3) is 0 Å². The first-order valence-corrected chi connectivity index (χ1v) is 6.06. The number of hydrogen-bond donors (Lipinski definition) is 1. The highest BCUT2D eigenvalue weighted by Crippen LogP contribution is 2.13. The predicted octanol–water partition coefficient (Wildman–Crippen LogP) is 2.29. The molecule has 0 bridgehead atoms. The van der Waals surface area contributed by atoms with Crippen LogP contribution in [0.5, 0.6) is 0 Å². The molecule has 0 saturated carbocycles. The van der Waals surface area contributed by atoms with E-state index in [9.17, 15) is 4.39 Å². The van der Waals surface area contributed by atoms with Crippen LogP contribution < -0.4 is 5.32 Å². The molecule has 0 aliphatic heterocycles. The van der Waals surface area contributed by atoms with E-state index in [2.05, 4.69) is 15.4 Å². The summed E-state index contributed by atoms with van der Waals surface area (Å²) in [6.45, 7) is 5.52. The molecule has 96 valence electrons. The minimum Gasteiger partial charge on any atom is -0.303 e.